The second kappa shape index (κ2) is 7.17. The average molecular weight is 248 g/mol. The van der Waals surface area contributed by atoms with E-state index in [0.717, 1.165) is 18.7 Å². The third-order valence-electron chi connectivity index (χ3n) is 3.14. The lowest BCUT2D eigenvalue weighted by Crippen LogP contribution is -2.34. The number of anilines is 1. The highest BCUT2D eigenvalue weighted by molar-refractivity contribution is 5.93. The molecule has 0 aliphatic heterocycles. The summed E-state index contributed by atoms with van der Waals surface area (Å²) in [5.74, 6) is 0.146. The van der Waals surface area contributed by atoms with E-state index in [1.165, 1.54) is 5.56 Å². The zero-order valence-corrected chi connectivity index (χ0v) is 11.9. The number of carbonyl (C=O) groups is 1. The molecule has 1 unspecified atom stereocenters. The molecule has 1 N–H and O–H groups in total. The van der Waals surface area contributed by atoms with Gasteiger partial charge in [-0.3, -0.25) is 4.79 Å². The Bertz CT molecular complexity index is 373. The van der Waals surface area contributed by atoms with Gasteiger partial charge in [-0.25, -0.2) is 0 Å². The van der Waals surface area contributed by atoms with Gasteiger partial charge in [-0.15, -0.1) is 0 Å². The van der Waals surface area contributed by atoms with E-state index < -0.39 is 0 Å². The van der Waals surface area contributed by atoms with E-state index in [9.17, 15) is 4.79 Å². The zero-order chi connectivity index (χ0) is 13.5. The van der Waals surface area contributed by atoms with Crippen molar-refractivity contribution in [3.8, 4) is 0 Å². The third-order valence-corrected chi connectivity index (χ3v) is 3.14. The molecule has 0 fully saturated rings. The number of amides is 1. The second-order valence-corrected chi connectivity index (χ2v) is 4.64. The lowest BCUT2D eigenvalue weighted by atomic mass is 10.1. The van der Waals surface area contributed by atoms with Gasteiger partial charge in [0.1, 0.15) is 0 Å². The van der Waals surface area contributed by atoms with Crippen molar-refractivity contribution in [3.05, 3.63) is 29.8 Å². The number of aryl methyl sites for hydroxylation is 1. The topological polar surface area (TPSA) is 32.3 Å². The molecule has 0 radical (unpaired) electrons. The van der Waals surface area contributed by atoms with Gasteiger partial charge in [-0.2, -0.15) is 0 Å². The van der Waals surface area contributed by atoms with Gasteiger partial charge in [0.2, 0.25) is 5.91 Å². The molecule has 0 bridgehead atoms. The standard InChI is InChI=1S/C15H24N2O/c1-5-13-7-9-14(10-8-13)17(4)15(18)11-12(3)16-6-2/h7-10,12,16H,5-6,11H2,1-4H3. The number of hydrogen-bond donors (Lipinski definition) is 1. The largest absolute Gasteiger partial charge is 0.315 e. The van der Waals surface area contributed by atoms with Gasteiger partial charge in [0, 0.05) is 25.2 Å². The summed E-state index contributed by atoms with van der Waals surface area (Å²) in [7, 11) is 1.84. The molecule has 1 aromatic rings. The first-order valence-electron chi connectivity index (χ1n) is 6.67. The molecule has 0 aliphatic rings. The summed E-state index contributed by atoms with van der Waals surface area (Å²) in [4.78, 5) is 13.8. The maximum Gasteiger partial charge on any atom is 0.228 e. The van der Waals surface area contributed by atoms with Crippen molar-refractivity contribution in [2.24, 2.45) is 0 Å². The zero-order valence-electron chi connectivity index (χ0n) is 11.9. The Kier molecular flexibility index (Phi) is 5.86. The van der Waals surface area contributed by atoms with Crippen LogP contribution in [0.15, 0.2) is 24.3 Å². The summed E-state index contributed by atoms with van der Waals surface area (Å²) in [5, 5.41) is 3.25. The summed E-state index contributed by atoms with van der Waals surface area (Å²) in [6, 6.07) is 8.39. The highest BCUT2D eigenvalue weighted by Gasteiger charge is 2.13. The fraction of sp³-hybridized carbons (Fsp3) is 0.533. The van der Waals surface area contributed by atoms with Crippen molar-refractivity contribution in [1.82, 2.24) is 5.32 Å². The molecule has 0 spiro atoms. The number of rotatable bonds is 6. The minimum absolute atomic E-state index is 0.146. The van der Waals surface area contributed by atoms with Crippen LogP contribution < -0.4 is 10.2 Å². The van der Waals surface area contributed by atoms with E-state index in [0.29, 0.717) is 6.42 Å². The monoisotopic (exact) mass is 248 g/mol. The van der Waals surface area contributed by atoms with Crippen molar-refractivity contribution < 1.29 is 4.79 Å². The van der Waals surface area contributed by atoms with E-state index in [1.807, 2.05) is 33.0 Å². The van der Waals surface area contributed by atoms with Gasteiger partial charge >= 0.3 is 0 Å². The predicted molar refractivity (Wildman–Crippen MR) is 77.0 cm³/mol. The molecule has 3 heteroatoms. The molecular weight excluding hydrogens is 224 g/mol. The number of benzene rings is 1. The highest BCUT2D eigenvalue weighted by atomic mass is 16.2. The van der Waals surface area contributed by atoms with Crippen LogP contribution in [0.2, 0.25) is 0 Å². The van der Waals surface area contributed by atoms with Crippen molar-refractivity contribution in [1.29, 1.82) is 0 Å². The van der Waals surface area contributed by atoms with Crippen molar-refractivity contribution in [3.63, 3.8) is 0 Å². The first-order valence-corrected chi connectivity index (χ1v) is 6.67. The van der Waals surface area contributed by atoms with E-state index >= 15 is 0 Å². The summed E-state index contributed by atoms with van der Waals surface area (Å²) in [5.41, 5.74) is 2.25. The second-order valence-electron chi connectivity index (χ2n) is 4.64. The maximum atomic E-state index is 12.1. The predicted octanol–water partition coefficient (Wildman–Crippen LogP) is 2.60. The lowest BCUT2D eigenvalue weighted by Gasteiger charge is -2.20. The quantitative estimate of drug-likeness (QED) is 0.839. The molecular formula is C15H24N2O. The fourth-order valence-electron chi connectivity index (χ4n) is 1.92. The van der Waals surface area contributed by atoms with Gasteiger partial charge in [0.25, 0.3) is 0 Å². The van der Waals surface area contributed by atoms with E-state index in [2.05, 4.69) is 24.4 Å². The first-order chi connectivity index (χ1) is 8.58. The summed E-state index contributed by atoms with van der Waals surface area (Å²) in [6.07, 6.45) is 1.55. The Morgan fingerprint density at radius 3 is 2.39 bits per heavy atom. The van der Waals surface area contributed by atoms with Gasteiger partial charge in [0.15, 0.2) is 0 Å². The van der Waals surface area contributed by atoms with Crippen LogP contribution in [0.5, 0.6) is 0 Å². The molecule has 1 atom stereocenters. The van der Waals surface area contributed by atoms with E-state index in [4.69, 9.17) is 0 Å². The molecule has 100 valence electrons. The van der Waals surface area contributed by atoms with Gasteiger partial charge in [-0.1, -0.05) is 26.0 Å². The first kappa shape index (κ1) is 14.7. The van der Waals surface area contributed by atoms with Crippen molar-refractivity contribution in [2.45, 2.75) is 39.7 Å². The molecule has 0 aliphatic carbocycles. The molecule has 1 rings (SSSR count). The molecule has 0 heterocycles. The molecule has 0 saturated heterocycles. The fourth-order valence-corrected chi connectivity index (χ4v) is 1.92. The number of nitrogens with zero attached hydrogens (tertiary/aromatic N) is 1. The number of hydrogen-bond acceptors (Lipinski definition) is 2. The van der Waals surface area contributed by atoms with Crippen molar-refractivity contribution >= 4 is 11.6 Å². The average Bonchev–Trinajstić information content (AvgIpc) is 2.38. The van der Waals surface area contributed by atoms with Crippen LogP contribution >= 0.6 is 0 Å². The number of carbonyl (C=O) groups excluding carboxylic acids is 1. The molecule has 18 heavy (non-hydrogen) atoms. The minimum Gasteiger partial charge on any atom is -0.315 e. The molecule has 1 aromatic carbocycles. The highest BCUT2D eigenvalue weighted by Crippen LogP contribution is 2.15. The van der Waals surface area contributed by atoms with Crippen LogP contribution in [-0.2, 0) is 11.2 Å². The Morgan fingerprint density at radius 1 is 1.28 bits per heavy atom. The SMILES string of the molecule is CCNC(C)CC(=O)N(C)c1ccc(CC)cc1. The third kappa shape index (κ3) is 4.15. The van der Waals surface area contributed by atoms with Gasteiger partial charge < -0.3 is 10.2 Å². The minimum atomic E-state index is 0.146. The smallest absolute Gasteiger partial charge is 0.228 e. The normalized spacial score (nSPS) is 12.2. The molecule has 0 saturated carbocycles. The number of nitrogens with one attached hydrogen (secondary N) is 1. The Balaban J connectivity index is 2.61. The van der Waals surface area contributed by atoms with Crippen LogP contribution in [0.4, 0.5) is 5.69 Å². The summed E-state index contributed by atoms with van der Waals surface area (Å²) in [6.45, 7) is 7.11. The maximum absolute atomic E-state index is 12.1. The van der Waals surface area contributed by atoms with Crippen LogP contribution in [0, 0.1) is 0 Å². The van der Waals surface area contributed by atoms with Gasteiger partial charge in [0.05, 0.1) is 0 Å². The molecule has 1 amide bonds. The van der Waals surface area contributed by atoms with Crippen LogP contribution in [0.25, 0.3) is 0 Å². The summed E-state index contributed by atoms with van der Waals surface area (Å²) >= 11 is 0. The van der Waals surface area contributed by atoms with Crippen LogP contribution in [0.3, 0.4) is 0 Å². The van der Waals surface area contributed by atoms with Crippen LogP contribution in [0.1, 0.15) is 32.8 Å². The van der Waals surface area contributed by atoms with E-state index in [1.54, 1.807) is 4.90 Å². The van der Waals surface area contributed by atoms with Gasteiger partial charge in [-0.05, 0) is 37.6 Å². The van der Waals surface area contributed by atoms with Crippen molar-refractivity contribution in [2.75, 3.05) is 18.5 Å². The van der Waals surface area contributed by atoms with E-state index in [-0.39, 0.29) is 11.9 Å². The van der Waals surface area contributed by atoms with Crippen LogP contribution in [-0.4, -0.2) is 25.5 Å². The molecule has 3 nitrogen and oxygen atoms in total. The Morgan fingerprint density at radius 2 is 1.89 bits per heavy atom. The Hall–Kier alpha value is -1.35. The lowest BCUT2D eigenvalue weighted by molar-refractivity contribution is -0.118. The molecule has 0 aromatic heterocycles. The Labute approximate surface area is 110 Å². The summed E-state index contributed by atoms with van der Waals surface area (Å²) < 4.78 is 0.